The molecule has 0 heterocycles. The van der Waals surface area contributed by atoms with E-state index in [9.17, 15) is 9.90 Å². The molecule has 2 rings (SSSR count). The molecule has 132 valence electrons. The highest BCUT2D eigenvalue weighted by Gasteiger charge is 2.13. The maximum Gasteiger partial charge on any atom is 0.336 e. The first kappa shape index (κ1) is 18.6. The maximum atomic E-state index is 11.8. The number of hydrogen-bond acceptors (Lipinski definition) is 3. The quantitative estimate of drug-likeness (QED) is 0.553. The van der Waals surface area contributed by atoms with Crippen LogP contribution in [0.25, 0.3) is 11.6 Å². The smallest absolute Gasteiger partial charge is 0.336 e. The van der Waals surface area contributed by atoms with Crippen LogP contribution in [0, 0.1) is 6.92 Å². The molecule has 0 saturated heterocycles. The van der Waals surface area contributed by atoms with Gasteiger partial charge in [0.05, 0.1) is 18.8 Å². The molecule has 1 N–H and O–H groups in total. The zero-order chi connectivity index (χ0) is 18.2. The number of benzene rings is 2. The van der Waals surface area contributed by atoms with Crippen molar-refractivity contribution in [3.05, 3.63) is 59.2 Å². The van der Waals surface area contributed by atoms with Gasteiger partial charge in [0.15, 0.2) is 0 Å². The van der Waals surface area contributed by atoms with Gasteiger partial charge < -0.3 is 14.6 Å². The van der Waals surface area contributed by atoms with Crippen LogP contribution in [0.15, 0.2) is 42.5 Å². The molecule has 0 aliphatic heterocycles. The largest absolute Gasteiger partial charge is 0.494 e. The number of ether oxygens (including phenoxy) is 2. The van der Waals surface area contributed by atoms with Crippen LogP contribution in [0.4, 0.5) is 0 Å². The van der Waals surface area contributed by atoms with E-state index in [0.717, 1.165) is 23.3 Å². The number of carbonyl (C=O) groups is 1. The molecule has 0 aliphatic rings. The van der Waals surface area contributed by atoms with Crippen LogP contribution in [0.3, 0.4) is 0 Å². The Kier molecular flexibility index (Phi) is 6.63. The number of aryl methyl sites for hydroxylation is 1. The van der Waals surface area contributed by atoms with Gasteiger partial charge in [-0.2, -0.15) is 0 Å². The lowest BCUT2D eigenvalue weighted by atomic mass is 10.00. The van der Waals surface area contributed by atoms with Crippen LogP contribution in [-0.4, -0.2) is 24.3 Å². The minimum absolute atomic E-state index is 0.221. The predicted molar refractivity (Wildman–Crippen MR) is 100 cm³/mol. The molecule has 4 nitrogen and oxygen atoms in total. The fourth-order valence-electron chi connectivity index (χ4n) is 2.50. The molecule has 0 saturated carbocycles. The molecule has 2 aromatic rings. The zero-order valence-electron chi connectivity index (χ0n) is 14.9. The molecular weight excluding hydrogens is 316 g/mol. The van der Waals surface area contributed by atoms with Crippen molar-refractivity contribution in [3.63, 3.8) is 0 Å². The van der Waals surface area contributed by atoms with Gasteiger partial charge >= 0.3 is 5.97 Å². The molecular formula is C21H24O4. The first-order chi connectivity index (χ1) is 12.1. The number of carboxylic acid groups (broad SMARTS) is 1. The number of para-hydroxylation sites is 1. The minimum Gasteiger partial charge on any atom is -0.494 e. The summed E-state index contributed by atoms with van der Waals surface area (Å²) in [6, 6.07) is 12.9. The Balaban J connectivity index is 2.44. The van der Waals surface area contributed by atoms with Gasteiger partial charge in [-0.25, -0.2) is 4.79 Å². The summed E-state index contributed by atoms with van der Waals surface area (Å²) >= 11 is 0. The number of carboxylic acids is 1. The third-order valence-electron chi connectivity index (χ3n) is 3.70. The van der Waals surface area contributed by atoms with Gasteiger partial charge in [-0.15, -0.1) is 0 Å². The fraction of sp³-hybridized carbons (Fsp3) is 0.286. The highest BCUT2D eigenvalue weighted by atomic mass is 16.5. The van der Waals surface area contributed by atoms with E-state index in [2.05, 4.69) is 0 Å². The summed E-state index contributed by atoms with van der Waals surface area (Å²) in [5.41, 5.74) is 2.51. The molecule has 0 bridgehead atoms. The normalized spacial score (nSPS) is 11.2. The predicted octanol–water partition coefficient (Wildman–Crippen LogP) is 4.81. The second kappa shape index (κ2) is 8.92. The molecule has 2 aromatic carbocycles. The van der Waals surface area contributed by atoms with Crippen molar-refractivity contribution in [1.82, 2.24) is 0 Å². The average molecular weight is 340 g/mol. The highest BCUT2D eigenvalue weighted by molar-refractivity contribution is 6.20. The van der Waals surface area contributed by atoms with Crippen LogP contribution < -0.4 is 9.47 Å². The monoisotopic (exact) mass is 340 g/mol. The third kappa shape index (κ3) is 4.86. The summed E-state index contributed by atoms with van der Waals surface area (Å²) in [6.07, 6.45) is 2.55. The van der Waals surface area contributed by atoms with Gasteiger partial charge in [-0.3, -0.25) is 0 Å². The number of rotatable bonds is 8. The van der Waals surface area contributed by atoms with Crippen molar-refractivity contribution in [2.75, 3.05) is 13.2 Å². The maximum absolute atomic E-state index is 11.8. The van der Waals surface area contributed by atoms with Crippen molar-refractivity contribution >= 4 is 17.6 Å². The van der Waals surface area contributed by atoms with Gasteiger partial charge in [0.2, 0.25) is 0 Å². The molecule has 0 unspecified atom stereocenters. The van der Waals surface area contributed by atoms with Crippen LogP contribution in [-0.2, 0) is 4.79 Å². The Labute approximate surface area is 148 Å². The van der Waals surface area contributed by atoms with Crippen molar-refractivity contribution in [2.45, 2.75) is 27.2 Å². The van der Waals surface area contributed by atoms with Gasteiger partial charge in [0.25, 0.3) is 0 Å². The summed E-state index contributed by atoms with van der Waals surface area (Å²) in [7, 11) is 0. The molecule has 25 heavy (non-hydrogen) atoms. The second-order valence-corrected chi connectivity index (χ2v) is 5.66. The molecule has 0 radical (unpaired) electrons. The van der Waals surface area contributed by atoms with E-state index >= 15 is 0 Å². The average Bonchev–Trinajstić information content (AvgIpc) is 2.60. The Hall–Kier alpha value is -2.75. The van der Waals surface area contributed by atoms with Crippen LogP contribution >= 0.6 is 0 Å². The Morgan fingerprint density at radius 1 is 1.08 bits per heavy atom. The summed E-state index contributed by atoms with van der Waals surface area (Å²) in [6.45, 7) is 7.03. The first-order valence-electron chi connectivity index (χ1n) is 8.47. The second-order valence-electron chi connectivity index (χ2n) is 5.66. The van der Waals surface area contributed by atoms with Gasteiger partial charge in [-0.05, 0) is 55.7 Å². The summed E-state index contributed by atoms with van der Waals surface area (Å²) in [4.78, 5) is 11.8. The molecule has 0 atom stereocenters. The molecule has 4 heteroatoms. The van der Waals surface area contributed by atoms with Crippen molar-refractivity contribution < 1.29 is 19.4 Å². The SMILES string of the molecule is CCCOc1ccccc1/C=C(\C(=O)O)c1ccc(OCC)c(C)c1. The van der Waals surface area contributed by atoms with E-state index in [1.807, 2.05) is 57.2 Å². The molecule has 0 fully saturated rings. The molecule has 0 amide bonds. The van der Waals surface area contributed by atoms with E-state index in [-0.39, 0.29) is 5.57 Å². The molecule has 0 aliphatic carbocycles. The summed E-state index contributed by atoms with van der Waals surface area (Å²) in [5.74, 6) is 0.474. The van der Waals surface area contributed by atoms with Crippen LogP contribution in [0.2, 0.25) is 0 Å². The van der Waals surface area contributed by atoms with E-state index in [1.54, 1.807) is 12.1 Å². The number of hydrogen-bond donors (Lipinski definition) is 1. The molecule has 0 spiro atoms. The van der Waals surface area contributed by atoms with E-state index in [0.29, 0.717) is 24.5 Å². The van der Waals surface area contributed by atoms with Gasteiger partial charge in [0, 0.05) is 5.56 Å². The van der Waals surface area contributed by atoms with Crippen LogP contribution in [0.5, 0.6) is 11.5 Å². The Morgan fingerprint density at radius 2 is 1.84 bits per heavy atom. The Morgan fingerprint density at radius 3 is 2.48 bits per heavy atom. The van der Waals surface area contributed by atoms with Gasteiger partial charge in [0.1, 0.15) is 11.5 Å². The zero-order valence-corrected chi connectivity index (χ0v) is 14.9. The van der Waals surface area contributed by atoms with Crippen molar-refractivity contribution in [1.29, 1.82) is 0 Å². The van der Waals surface area contributed by atoms with Crippen LogP contribution in [0.1, 0.15) is 37.0 Å². The standard InChI is InChI=1S/C21H24O4/c1-4-12-25-20-9-7-6-8-17(20)14-18(21(22)23)16-10-11-19(24-5-2)15(3)13-16/h6-11,13-14H,4-5,12H2,1-3H3,(H,22,23)/b18-14-. The first-order valence-corrected chi connectivity index (χ1v) is 8.47. The van der Waals surface area contributed by atoms with Crippen molar-refractivity contribution in [3.8, 4) is 11.5 Å². The lowest BCUT2D eigenvalue weighted by Crippen LogP contribution is -2.02. The number of aliphatic carboxylic acids is 1. The minimum atomic E-state index is -0.978. The lowest BCUT2D eigenvalue weighted by molar-refractivity contribution is -0.130. The summed E-state index contributed by atoms with van der Waals surface area (Å²) in [5, 5.41) is 9.68. The van der Waals surface area contributed by atoms with E-state index in [1.165, 1.54) is 0 Å². The third-order valence-corrected chi connectivity index (χ3v) is 3.70. The Bertz CT molecular complexity index is 762. The van der Waals surface area contributed by atoms with E-state index < -0.39 is 5.97 Å². The van der Waals surface area contributed by atoms with E-state index in [4.69, 9.17) is 9.47 Å². The lowest BCUT2D eigenvalue weighted by Gasteiger charge is -2.11. The highest BCUT2D eigenvalue weighted by Crippen LogP contribution is 2.28. The van der Waals surface area contributed by atoms with Crippen molar-refractivity contribution in [2.24, 2.45) is 0 Å². The topological polar surface area (TPSA) is 55.8 Å². The van der Waals surface area contributed by atoms with Gasteiger partial charge in [-0.1, -0.05) is 31.2 Å². The fourth-order valence-corrected chi connectivity index (χ4v) is 2.50. The molecule has 0 aromatic heterocycles. The summed E-state index contributed by atoms with van der Waals surface area (Å²) < 4.78 is 11.2.